The Morgan fingerprint density at radius 3 is 2.76 bits per heavy atom. The van der Waals surface area contributed by atoms with Crippen LogP contribution in [0.4, 0.5) is 5.13 Å². The topological polar surface area (TPSA) is 92.6 Å². The molecule has 34 heavy (non-hydrogen) atoms. The number of anilines is 1. The Bertz CT molecular complexity index is 1440. The average molecular weight is 472 g/mol. The molecule has 0 aliphatic carbocycles. The summed E-state index contributed by atoms with van der Waals surface area (Å²) in [5.74, 6) is -1.23. The minimum Gasteiger partial charge on any atom is -0.507 e. The second kappa shape index (κ2) is 8.72. The Labute approximate surface area is 200 Å². The van der Waals surface area contributed by atoms with Gasteiger partial charge < -0.3 is 9.84 Å². The van der Waals surface area contributed by atoms with Gasteiger partial charge in [-0.05, 0) is 55.3 Å². The third-order valence-electron chi connectivity index (χ3n) is 5.60. The van der Waals surface area contributed by atoms with Crippen LogP contribution in [0, 0.1) is 6.92 Å². The van der Waals surface area contributed by atoms with E-state index >= 15 is 0 Å². The van der Waals surface area contributed by atoms with Crippen molar-refractivity contribution in [2.24, 2.45) is 0 Å². The van der Waals surface area contributed by atoms with E-state index in [2.05, 4.69) is 9.97 Å². The van der Waals surface area contributed by atoms with Crippen LogP contribution in [0.3, 0.4) is 0 Å². The quantitative estimate of drug-likeness (QED) is 0.249. The number of hydrogen-bond donors (Lipinski definition) is 1. The summed E-state index contributed by atoms with van der Waals surface area (Å²) in [6.45, 7) is 4.30. The Balaban J connectivity index is 1.70. The van der Waals surface area contributed by atoms with Gasteiger partial charge >= 0.3 is 5.91 Å². The molecular formula is C26H21N3O4S. The molecule has 1 saturated heterocycles. The number of Topliss-reactive ketones (excluding diaryl/α,β-unsaturated/α-hetero) is 1. The molecule has 5 rings (SSSR count). The van der Waals surface area contributed by atoms with E-state index in [-0.39, 0.29) is 11.3 Å². The van der Waals surface area contributed by atoms with Crippen LogP contribution in [0.5, 0.6) is 5.75 Å². The number of rotatable bonds is 5. The van der Waals surface area contributed by atoms with Gasteiger partial charge in [0.25, 0.3) is 5.78 Å². The highest BCUT2D eigenvalue weighted by Gasteiger charge is 2.48. The first-order valence-electron chi connectivity index (χ1n) is 10.8. The molecule has 1 atom stereocenters. The fraction of sp³-hybridized carbons (Fsp3) is 0.154. The van der Waals surface area contributed by atoms with Crippen LogP contribution < -0.4 is 9.64 Å². The summed E-state index contributed by atoms with van der Waals surface area (Å²) in [7, 11) is 0. The molecule has 8 heteroatoms. The highest BCUT2D eigenvalue weighted by atomic mass is 32.1. The number of benzene rings is 2. The number of hydrogen-bond acceptors (Lipinski definition) is 7. The van der Waals surface area contributed by atoms with Gasteiger partial charge in [0.05, 0.1) is 28.4 Å². The van der Waals surface area contributed by atoms with Gasteiger partial charge in [-0.2, -0.15) is 0 Å². The molecule has 1 unspecified atom stereocenters. The lowest BCUT2D eigenvalue weighted by Gasteiger charge is -2.22. The van der Waals surface area contributed by atoms with E-state index in [1.165, 1.54) is 16.2 Å². The zero-order chi connectivity index (χ0) is 23.8. The van der Waals surface area contributed by atoms with Crippen molar-refractivity contribution in [3.8, 4) is 5.75 Å². The third kappa shape index (κ3) is 3.72. The average Bonchev–Trinajstić information content (AvgIpc) is 3.37. The van der Waals surface area contributed by atoms with E-state index in [1.54, 1.807) is 48.8 Å². The van der Waals surface area contributed by atoms with E-state index in [4.69, 9.17) is 4.74 Å². The summed E-state index contributed by atoms with van der Waals surface area (Å²) in [4.78, 5) is 36.7. The molecule has 2 aromatic heterocycles. The molecular weight excluding hydrogens is 450 g/mol. The standard InChI is InChI=1S/C26H21N3O4S/c1-3-33-18-8-4-6-16(13-18)23(30)21-22(17-7-5-11-27-14-17)29(25(32)24(21)31)26-28-19-10-9-15(2)12-20(19)34-26/h4-14,22,30H,3H2,1-2H3/b23-21+. The van der Waals surface area contributed by atoms with Gasteiger partial charge in [0, 0.05) is 18.0 Å². The van der Waals surface area contributed by atoms with Crippen molar-refractivity contribution in [3.05, 3.63) is 89.3 Å². The molecule has 3 heterocycles. The number of carbonyl (C=O) groups is 2. The largest absolute Gasteiger partial charge is 0.507 e. The number of ether oxygens (including phenoxy) is 1. The second-order valence-electron chi connectivity index (χ2n) is 7.88. The second-order valence-corrected chi connectivity index (χ2v) is 8.89. The summed E-state index contributed by atoms with van der Waals surface area (Å²) in [6, 6.07) is 15.3. The molecule has 2 aromatic carbocycles. The number of fused-ring (bicyclic) bond motifs is 1. The number of nitrogens with zero attached hydrogens (tertiary/aromatic N) is 3. The molecule has 0 saturated carbocycles. The molecule has 1 fully saturated rings. The summed E-state index contributed by atoms with van der Waals surface area (Å²) >= 11 is 1.33. The van der Waals surface area contributed by atoms with Crippen LogP contribution in [-0.4, -0.2) is 33.4 Å². The maximum Gasteiger partial charge on any atom is 0.301 e. The zero-order valence-electron chi connectivity index (χ0n) is 18.6. The monoisotopic (exact) mass is 471 g/mol. The van der Waals surface area contributed by atoms with Crippen LogP contribution in [0.2, 0.25) is 0 Å². The van der Waals surface area contributed by atoms with Gasteiger partial charge in [0.2, 0.25) is 0 Å². The SMILES string of the molecule is CCOc1cccc(/C(O)=C2\C(=O)C(=O)N(c3nc4ccc(C)cc4s3)C2c2cccnc2)c1. The van der Waals surface area contributed by atoms with E-state index < -0.39 is 17.7 Å². The number of carbonyl (C=O) groups excluding carboxylic acids is 2. The molecule has 1 aliphatic heterocycles. The minimum atomic E-state index is -0.869. The van der Waals surface area contributed by atoms with E-state index in [1.807, 2.05) is 32.0 Å². The number of aromatic nitrogens is 2. The predicted molar refractivity (Wildman–Crippen MR) is 131 cm³/mol. The van der Waals surface area contributed by atoms with Crippen molar-refractivity contribution in [2.75, 3.05) is 11.5 Å². The molecule has 1 N–H and O–H groups in total. The van der Waals surface area contributed by atoms with Gasteiger partial charge in [-0.3, -0.25) is 19.5 Å². The summed E-state index contributed by atoms with van der Waals surface area (Å²) in [5.41, 5.74) is 2.78. The van der Waals surface area contributed by atoms with Gasteiger partial charge in [-0.15, -0.1) is 0 Å². The van der Waals surface area contributed by atoms with Gasteiger partial charge in [-0.1, -0.05) is 35.6 Å². The zero-order valence-corrected chi connectivity index (χ0v) is 19.4. The van der Waals surface area contributed by atoms with Crippen molar-refractivity contribution < 1.29 is 19.4 Å². The van der Waals surface area contributed by atoms with Crippen molar-refractivity contribution >= 4 is 44.1 Å². The Hall–Kier alpha value is -4.04. The predicted octanol–water partition coefficient (Wildman–Crippen LogP) is 5.02. The molecule has 170 valence electrons. The van der Waals surface area contributed by atoms with Crippen molar-refractivity contribution in [1.82, 2.24) is 9.97 Å². The number of aliphatic hydroxyl groups excluding tert-OH is 1. The van der Waals surface area contributed by atoms with Gasteiger partial charge in [0.1, 0.15) is 11.5 Å². The van der Waals surface area contributed by atoms with Crippen molar-refractivity contribution in [2.45, 2.75) is 19.9 Å². The number of pyridine rings is 1. The summed E-state index contributed by atoms with van der Waals surface area (Å²) < 4.78 is 6.45. The smallest absolute Gasteiger partial charge is 0.301 e. The fourth-order valence-electron chi connectivity index (χ4n) is 4.06. The first-order chi connectivity index (χ1) is 16.5. The molecule has 0 bridgehead atoms. The lowest BCUT2D eigenvalue weighted by molar-refractivity contribution is -0.132. The molecule has 1 aliphatic rings. The molecule has 4 aromatic rings. The van der Waals surface area contributed by atoms with Crippen LogP contribution in [0.1, 0.15) is 29.7 Å². The number of aliphatic hydroxyl groups is 1. The lowest BCUT2D eigenvalue weighted by Crippen LogP contribution is -2.29. The Morgan fingerprint density at radius 1 is 1.15 bits per heavy atom. The maximum atomic E-state index is 13.3. The lowest BCUT2D eigenvalue weighted by atomic mass is 9.96. The summed E-state index contributed by atoms with van der Waals surface area (Å²) in [6.07, 6.45) is 3.20. The Morgan fingerprint density at radius 2 is 2.00 bits per heavy atom. The number of aryl methyl sites for hydroxylation is 1. The highest BCUT2D eigenvalue weighted by Crippen LogP contribution is 2.44. The maximum absolute atomic E-state index is 13.3. The molecule has 7 nitrogen and oxygen atoms in total. The van der Waals surface area contributed by atoms with Gasteiger partial charge in [0.15, 0.2) is 5.13 Å². The highest BCUT2D eigenvalue weighted by molar-refractivity contribution is 7.22. The van der Waals surface area contributed by atoms with E-state index in [0.29, 0.717) is 28.6 Å². The van der Waals surface area contributed by atoms with E-state index in [9.17, 15) is 14.7 Å². The van der Waals surface area contributed by atoms with Crippen molar-refractivity contribution in [3.63, 3.8) is 0 Å². The fourth-order valence-corrected chi connectivity index (χ4v) is 5.15. The van der Waals surface area contributed by atoms with Crippen LogP contribution >= 0.6 is 11.3 Å². The van der Waals surface area contributed by atoms with Crippen LogP contribution in [0.15, 0.2) is 72.6 Å². The van der Waals surface area contributed by atoms with Crippen LogP contribution in [0.25, 0.3) is 16.0 Å². The molecule has 1 amide bonds. The van der Waals surface area contributed by atoms with E-state index in [0.717, 1.165) is 15.8 Å². The third-order valence-corrected chi connectivity index (χ3v) is 6.62. The Kier molecular flexibility index (Phi) is 5.59. The number of ketones is 1. The van der Waals surface area contributed by atoms with Gasteiger partial charge in [-0.25, -0.2) is 4.98 Å². The number of amides is 1. The molecule has 0 spiro atoms. The first-order valence-corrected chi connectivity index (χ1v) is 11.6. The normalized spacial score (nSPS) is 17.5. The summed E-state index contributed by atoms with van der Waals surface area (Å²) in [5, 5.41) is 11.6. The van der Waals surface area contributed by atoms with Crippen LogP contribution in [-0.2, 0) is 9.59 Å². The number of thiazole rings is 1. The molecule has 0 radical (unpaired) electrons. The van der Waals surface area contributed by atoms with Crippen molar-refractivity contribution in [1.29, 1.82) is 0 Å². The minimum absolute atomic E-state index is 0.0120. The first kappa shape index (κ1) is 21.8.